The Labute approximate surface area is 204 Å². The standard InChI is InChI=1S/C25H25ClN2O5S/c1-3-32-20-12-8-18(9-13-20)17(2)27-25(29)24-16-28(22-6-4-5-7-23(22)33-24)34(30,31)21-14-10-19(26)11-15-21/h4-15,17,24H,3,16H2,1-2H3,(H,27,29). The fourth-order valence-electron chi connectivity index (χ4n) is 3.71. The fraction of sp³-hybridized carbons (Fsp3) is 0.240. The first-order valence-electron chi connectivity index (χ1n) is 10.9. The van der Waals surface area contributed by atoms with Gasteiger partial charge in [-0.2, -0.15) is 0 Å². The second kappa shape index (κ2) is 9.95. The minimum absolute atomic E-state index is 0.0792. The molecule has 2 unspecified atom stereocenters. The van der Waals surface area contributed by atoms with Crippen molar-refractivity contribution in [2.24, 2.45) is 0 Å². The van der Waals surface area contributed by atoms with Crippen LogP contribution in [0.4, 0.5) is 5.69 Å². The third-order valence-electron chi connectivity index (χ3n) is 5.48. The van der Waals surface area contributed by atoms with E-state index in [-0.39, 0.29) is 17.5 Å². The maximum absolute atomic E-state index is 13.4. The van der Waals surface area contributed by atoms with Gasteiger partial charge >= 0.3 is 0 Å². The van der Waals surface area contributed by atoms with E-state index in [2.05, 4.69) is 5.32 Å². The predicted molar refractivity (Wildman–Crippen MR) is 131 cm³/mol. The molecule has 1 amide bonds. The minimum Gasteiger partial charge on any atom is -0.494 e. The van der Waals surface area contributed by atoms with E-state index in [0.717, 1.165) is 11.3 Å². The van der Waals surface area contributed by atoms with E-state index < -0.39 is 22.0 Å². The van der Waals surface area contributed by atoms with Crippen LogP contribution in [0, 0.1) is 0 Å². The predicted octanol–water partition coefficient (Wildman–Crippen LogP) is 4.57. The monoisotopic (exact) mass is 500 g/mol. The number of carbonyl (C=O) groups excluding carboxylic acids is 1. The Bertz CT molecular complexity index is 1260. The molecule has 4 rings (SSSR count). The van der Waals surface area contributed by atoms with Gasteiger partial charge in [0.1, 0.15) is 11.5 Å². The fourth-order valence-corrected chi connectivity index (χ4v) is 5.31. The van der Waals surface area contributed by atoms with Crippen molar-refractivity contribution in [2.75, 3.05) is 17.5 Å². The Morgan fingerprint density at radius 3 is 2.47 bits per heavy atom. The lowest BCUT2D eigenvalue weighted by atomic mass is 10.1. The largest absolute Gasteiger partial charge is 0.494 e. The number of para-hydroxylation sites is 2. The normalized spacial score (nSPS) is 16.2. The van der Waals surface area contributed by atoms with E-state index in [0.29, 0.717) is 23.1 Å². The molecule has 0 aromatic heterocycles. The van der Waals surface area contributed by atoms with Crippen molar-refractivity contribution in [3.8, 4) is 11.5 Å². The van der Waals surface area contributed by atoms with Crippen LogP contribution in [0.15, 0.2) is 77.7 Å². The molecule has 178 valence electrons. The number of fused-ring (bicyclic) bond motifs is 1. The van der Waals surface area contributed by atoms with Crippen molar-refractivity contribution in [3.05, 3.63) is 83.4 Å². The number of hydrogen-bond acceptors (Lipinski definition) is 5. The van der Waals surface area contributed by atoms with Gasteiger partial charge in [0, 0.05) is 5.02 Å². The van der Waals surface area contributed by atoms with E-state index in [1.807, 2.05) is 38.1 Å². The zero-order valence-electron chi connectivity index (χ0n) is 18.8. The average Bonchev–Trinajstić information content (AvgIpc) is 2.84. The first-order valence-corrected chi connectivity index (χ1v) is 12.7. The van der Waals surface area contributed by atoms with Crippen LogP contribution < -0.4 is 19.1 Å². The Hall–Kier alpha value is -3.23. The van der Waals surface area contributed by atoms with Gasteiger partial charge in [-0.3, -0.25) is 9.10 Å². The summed E-state index contributed by atoms with van der Waals surface area (Å²) in [5, 5.41) is 3.36. The summed E-state index contributed by atoms with van der Waals surface area (Å²) in [4.78, 5) is 13.2. The molecule has 0 bridgehead atoms. The Morgan fingerprint density at radius 1 is 1.12 bits per heavy atom. The molecular formula is C25H25ClN2O5S. The van der Waals surface area contributed by atoms with E-state index in [4.69, 9.17) is 21.1 Å². The molecule has 3 aromatic rings. The Kier molecular flexibility index (Phi) is 7.00. The number of halogens is 1. The van der Waals surface area contributed by atoms with E-state index >= 15 is 0 Å². The van der Waals surface area contributed by atoms with E-state index in [9.17, 15) is 13.2 Å². The Balaban J connectivity index is 1.56. The van der Waals surface area contributed by atoms with Crippen LogP contribution in [0.25, 0.3) is 0 Å². The van der Waals surface area contributed by atoms with Crippen molar-refractivity contribution < 1.29 is 22.7 Å². The van der Waals surface area contributed by atoms with Crippen LogP contribution in [-0.2, 0) is 14.8 Å². The number of benzene rings is 3. The van der Waals surface area contributed by atoms with Gasteiger partial charge in [0.15, 0.2) is 6.10 Å². The van der Waals surface area contributed by atoms with Crippen LogP contribution in [0.5, 0.6) is 11.5 Å². The van der Waals surface area contributed by atoms with Crippen LogP contribution in [0.2, 0.25) is 5.02 Å². The second-order valence-electron chi connectivity index (χ2n) is 7.80. The van der Waals surface area contributed by atoms with Gasteiger partial charge < -0.3 is 14.8 Å². The average molecular weight is 501 g/mol. The highest BCUT2D eigenvalue weighted by Gasteiger charge is 2.37. The molecule has 1 aliphatic rings. The van der Waals surface area contributed by atoms with Gasteiger partial charge in [-0.15, -0.1) is 0 Å². The molecule has 9 heteroatoms. The third kappa shape index (κ3) is 4.98. The molecule has 1 aliphatic heterocycles. The molecule has 0 spiro atoms. The maximum atomic E-state index is 13.4. The van der Waals surface area contributed by atoms with Crippen molar-refractivity contribution >= 4 is 33.2 Å². The van der Waals surface area contributed by atoms with E-state index in [1.54, 1.807) is 24.3 Å². The summed E-state index contributed by atoms with van der Waals surface area (Å²) >= 11 is 5.93. The molecule has 0 fully saturated rings. The number of amides is 1. The van der Waals surface area contributed by atoms with Crippen molar-refractivity contribution in [3.63, 3.8) is 0 Å². The molecular weight excluding hydrogens is 476 g/mol. The van der Waals surface area contributed by atoms with Gasteiger partial charge in [-0.25, -0.2) is 8.42 Å². The zero-order valence-corrected chi connectivity index (χ0v) is 20.3. The molecule has 2 atom stereocenters. The van der Waals surface area contributed by atoms with Crippen LogP contribution >= 0.6 is 11.6 Å². The highest BCUT2D eigenvalue weighted by molar-refractivity contribution is 7.92. The molecule has 1 heterocycles. The molecule has 0 aliphatic carbocycles. The van der Waals surface area contributed by atoms with Gasteiger partial charge in [0.05, 0.1) is 29.8 Å². The number of rotatable bonds is 7. The third-order valence-corrected chi connectivity index (χ3v) is 7.52. The summed E-state index contributed by atoms with van der Waals surface area (Å²) in [7, 11) is -3.95. The first-order chi connectivity index (χ1) is 16.3. The molecule has 1 N–H and O–H groups in total. The molecule has 34 heavy (non-hydrogen) atoms. The van der Waals surface area contributed by atoms with Crippen LogP contribution in [0.1, 0.15) is 25.5 Å². The zero-order chi connectivity index (χ0) is 24.3. The molecule has 0 radical (unpaired) electrons. The summed E-state index contributed by atoms with van der Waals surface area (Å²) in [6, 6.07) is 19.8. The number of nitrogens with zero attached hydrogens (tertiary/aromatic N) is 1. The topological polar surface area (TPSA) is 84.9 Å². The summed E-state index contributed by atoms with van der Waals surface area (Å²) in [6.07, 6.45) is -1.03. The quantitative estimate of drug-likeness (QED) is 0.513. The smallest absolute Gasteiger partial charge is 0.264 e. The number of sulfonamides is 1. The lowest BCUT2D eigenvalue weighted by Gasteiger charge is -2.35. The molecule has 0 saturated carbocycles. The van der Waals surface area contributed by atoms with Crippen molar-refractivity contribution in [2.45, 2.75) is 30.9 Å². The summed E-state index contributed by atoms with van der Waals surface area (Å²) in [5.41, 5.74) is 1.26. The molecule has 0 saturated heterocycles. The van der Waals surface area contributed by atoms with Crippen molar-refractivity contribution in [1.29, 1.82) is 0 Å². The number of ether oxygens (including phenoxy) is 2. The number of nitrogens with one attached hydrogen (secondary N) is 1. The van der Waals surface area contributed by atoms with Gasteiger partial charge in [-0.05, 0) is 67.9 Å². The highest BCUT2D eigenvalue weighted by atomic mass is 35.5. The summed E-state index contributed by atoms with van der Waals surface area (Å²) < 4.78 is 39.5. The maximum Gasteiger partial charge on any atom is 0.264 e. The number of hydrogen-bond donors (Lipinski definition) is 1. The Morgan fingerprint density at radius 2 is 1.79 bits per heavy atom. The van der Waals surface area contributed by atoms with Gasteiger partial charge in [-0.1, -0.05) is 35.9 Å². The summed E-state index contributed by atoms with van der Waals surface area (Å²) in [5.74, 6) is 0.660. The lowest BCUT2D eigenvalue weighted by Crippen LogP contribution is -2.51. The van der Waals surface area contributed by atoms with E-state index in [1.165, 1.54) is 28.6 Å². The van der Waals surface area contributed by atoms with Crippen molar-refractivity contribution in [1.82, 2.24) is 5.32 Å². The lowest BCUT2D eigenvalue weighted by molar-refractivity contribution is -0.128. The first kappa shape index (κ1) is 23.9. The van der Waals surface area contributed by atoms with Crippen LogP contribution in [0.3, 0.4) is 0 Å². The number of carbonyl (C=O) groups is 1. The highest BCUT2D eigenvalue weighted by Crippen LogP contribution is 2.37. The molecule has 7 nitrogen and oxygen atoms in total. The second-order valence-corrected chi connectivity index (χ2v) is 10.1. The minimum atomic E-state index is -3.95. The van der Waals surface area contributed by atoms with Gasteiger partial charge in [0.25, 0.3) is 15.9 Å². The van der Waals surface area contributed by atoms with Gasteiger partial charge in [0.2, 0.25) is 0 Å². The molecule has 3 aromatic carbocycles. The summed E-state index contributed by atoms with van der Waals surface area (Å²) in [6.45, 7) is 4.17. The SMILES string of the molecule is CCOc1ccc(C(C)NC(=O)C2CN(S(=O)(=O)c3ccc(Cl)cc3)c3ccccc3O2)cc1. The number of anilines is 1. The van der Waals surface area contributed by atoms with Crippen LogP contribution in [-0.4, -0.2) is 33.6 Å².